The summed E-state index contributed by atoms with van der Waals surface area (Å²) in [6.45, 7) is 1.46. The van der Waals surface area contributed by atoms with E-state index in [4.69, 9.17) is 0 Å². The molecule has 0 spiro atoms. The average molecular weight is 261 g/mol. The molecule has 1 heterocycles. The van der Waals surface area contributed by atoms with Gasteiger partial charge >= 0.3 is 0 Å². The first-order valence-electron chi connectivity index (χ1n) is 5.57. The highest BCUT2D eigenvalue weighted by atomic mass is 32.2. The Balaban J connectivity index is 2.40. The van der Waals surface area contributed by atoms with Crippen LogP contribution in [0.1, 0.15) is 24.3 Å². The molecule has 0 aliphatic carbocycles. The summed E-state index contributed by atoms with van der Waals surface area (Å²) in [6, 6.07) is 1.14. The topological polar surface area (TPSA) is 12.0 Å². The average Bonchev–Trinajstić information content (AvgIpc) is 2.35. The van der Waals surface area contributed by atoms with Crippen LogP contribution < -0.4 is 5.32 Å². The van der Waals surface area contributed by atoms with E-state index >= 15 is 0 Å². The molecule has 0 amide bonds. The molecule has 1 aliphatic rings. The van der Waals surface area contributed by atoms with Crippen LogP contribution in [0.2, 0.25) is 0 Å². The number of hydrogen-bond acceptors (Lipinski definition) is 2. The summed E-state index contributed by atoms with van der Waals surface area (Å²) < 4.78 is 41.1. The highest BCUT2D eigenvalue weighted by Gasteiger charge is 2.24. The molecule has 1 saturated heterocycles. The van der Waals surface area contributed by atoms with Crippen LogP contribution in [0, 0.1) is 17.5 Å². The van der Waals surface area contributed by atoms with Gasteiger partial charge in [-0.3, -0.25) is 0 Å². The zero-order chi connectivity index (χ0) is 12.4. The first kappa shape index (κ1) is 12.8. The van der Waals surface area contributed by atoms with E-state index in [2.05, 4.69) is 5.32 Å². The van der Waals surface area contributed by atoms with Crippen LogP contribution in [0.25, 0.3) is 0 Å². The minimum Gasteiger partial charge on any atom is -0.316 e. The summed E-state index contributed by atoms with van der Waals surface area (Å²) in [5.41, 5.74) is 0.157. The third-order valence-corrected chi connectivity index (χ3v) is 3.87. The second-order valence-corrected chi connectivity index (χ2v) is 4.97. The molecule has 1 aromatic rings. The highest BCUT2D eigenvalue weighted by Crippen LogP contribution is 2.32. The molecule has 1 N–H and O–H groups in total. The van der Waals surface area contributed by atoms with E-state index in [1.807, 2.05) is 0 Å². The Kier molecular flexibility index (Phi) is 3.99. The molecular formula is C12H14F3NS. The van der Waals surface area contributed by atoms with Gasteiger partial charge in [0.15, 0.2) is 11.6 Å². The van der Waals surface area contributed by atoms with Crippen LogP contribution in [-0.2, 0) is 0 Å². The maximum atomic E-state index is 13.8. The minimum atomic E-state index is -1.06. The lowest BCUT2D eigenvalue weighted by molar-refractivity contribution is 0.415. The number of thioether (sulfide) groups is 1. The molecule has 1 fully saturated rings. The quantitative estimate of drug-likeness (QED) is 0.647. The second kappa shape index (κ2) is 5.31. The largest absolute Gasteiger partial charge is 0.316 e. The molecule has 5 heteroatoms. The summed E-state index contributed by atoms with van der Waals surface area (Å²) >= 11 is 0.886. The van der Waals surface area contributed by atoms with Crippen LogP contribution in [0.5, 0.6) is 0 Å². The number of rotatable bonds is 2. The van der Waals surface area contributed by atoms with E-state index in [-0.39, 0.29) is 16.4 Å². The number of hydrogen-bond donors (Lipinski definition) is 1. The van der Waals surface area contributed by atoms with E-state index in [0.717, 1.165) is 37.2 Å². The summed E-state index contributed by atoms with van der Waals surface area (Å²) in [7, 11) is 0. The van der Waals surface area contributed by atoms with Crippen molar-refractivity contribution in [2.45, 2.75) is 23.7 Å². The van der Waals surface area contributed by atoms with Gasteiger partial charge in [-0.25, -0.2) is 13.2 Å². The molecule has 1 nitrogen and oxygen atoms in total. The van der Waals surface area contributed by atoms with E-state index in [1.165, 1.54) is 6.26 Å². The Hall–Kier alpha value is -0.680. The zero-order valence-electron chi connectivity index (χ0n) is 9.53. The predicted octanol–water partition coefficient (Wildman–Crippen LogP) is 3.29. The predicted molar refractivity (Wildman–Crippen MR) is 62.9 cm³/mol. The van der Waals surface area contributed by atoms with Gasteiger partial charge in [0.1, 0.15) is 5.82 Å². The van der Waals surface area contributed by atoms with Crippen LogP contribution >= 0.6 is 11.8 Å². The van der Waals surface area contributed by atoms with Crippen molar-refractivity contribution in [2.24, 2.45) is 0 Å². The van der Waals surface area contributed by atoms with Gasteiger partial charge in [0.2, 0.25) is 0 Å². The van der Waals surface area contributed by atoms with Crippen molar-refractivity contribution in [3.8, 4) is 0 Å². The minimum absolute atomic E-state index is 0.136. The molecule has 0 radical (unpaired) electrons. The molecule has 1 unspecified atom stereocenters. The van der Waals surface area contributed by atoms with E-state index < -0.39 is 17.5 Å². The lowest BCUT2D eigenvalue weighted by Gasteiger charge is -2.24. The first-order valence-corrected chi connectivity index (χ1v) is 6.79. The Morgan fingerprint density at radius 3 is 2.65 bits per heavy atom. The van der Waals surface area contributed by atoms with Gasteiger partial charge in [0.25, 0.3) is 0 Å². The van der Waals surface area contributed by atoms with Crippen LogP contribution in [0.15, 0.2) is 11.0 Å². The summed E-state index contributed by atoms with van der Waals surface area (Å²) in [4.78, 5) is -0.241. The van der Waals surface area contributed by atoms with E-state index in [9.17, 15) is 13.2 Å². The first-order chi connectivity index (χ1) is 8.15. The molecule has 17 heavy (non-hydrogen) atoms. The SMILES string of the molecule is CSc1c(F)cc(C2CCCNC2)c(F)c1F. The van der Waals surface area contributed by atoms with Gasteiger partial charge in [0.05, 0.1) is 4.90 Å². The molecular weight excluding hydrogens is 247 g/mol. The van der Waals surface area contributed by atoms with Crippen LogP contribution in [0.3, 0.4) is 0 Å². The van der Waals surface area contributed by atoms with Crippen molar-refractivity contribution in [3.63, 3.8) is 0 Å². The van der Waals surface area contributed by atoms with Crippen molar-refractivity contribution in [1.82, 2.24) is 5.32 Å². The summed E-state index contributed by atoms with van der Waals surface area (Å²) in [5.74, 6) is -2.76. The van der Waals surface area contributed by atoms with Gasteiger partial charge in [-0.2, -0.15) is 0 Å². The van der Waals surface area contributed by atoms with Crippen LogP contribution in [0.4, 0.5) is 13.2 Å². The standard InChI is InChI=1S/C12H14F3NS/c1-17-12-9(13)5-8(10(14)11(12)15)7-3-2-4-16-6-7/h5,7,16H,2-4,6H2,1H3. The Morgan fingerprint density at radius 2 is 2.06 bits per heavy atom. The third-order valence-electron chi connectivity index (χ3n) is 3.09. The fourth-order valence-electron chi connectivity index (χ4n) is 2.20. The number of piperidine rings is 1. The molecule has 2 rings (SSSR count). The Labute approximate surface area is 103 Å². The number of benzene rings is 1. The molecule has 1 aromatic carbocycles. The molecule has 1 atom stereocenters. The number of halogens is 3. The maximum Gasteiger partial charge on any atom is 0.175 e. The van der Waals surface area contributed by atoms with Gasteiger partial charge in [-0.15, -0.1) is 11.8 Å². The lowest BCUT2D eigenvalue weighted by Crippen LogP contribution is -2.29. The summed E-state index contributed by atoms with van der Waals surface area (Å²) in [6.07, 6.45) is 3.20. The fraction of sp³-hybridized carbons (Fsp3) is 0.500. The zero-order valence-corrected chi connectivity index (χ0v) is 10.3. The van der Waals surface area contributed by atoms with Gasteiger partial charge in [-0.05, 0) is 43.2 Å². The van der Waals surface area contributed by atoms with Crippen LogP contribution in [-0.4, -0.2) is 19.3 Å². The fourth-order valence-corrected chi connectivity index (χ4v) is 2.72. The normalized spacial score (nSPS) is 20.6. The molecule has 1 aliphatic heterocycles. The Bertz CT molecular complexity index is 417. The van der Waals surface area contributed by atoms with Crippen molar-refractivity contribution < 1.29 is 13.2 Å². The second-order valence-electron chi connectivity index (χ2n) is 4.15. The smallest absolute Gasteiger partial charge is 0.175 e. The Morgan fingerprint density at radius 1 is 1.29 bits per heavy atom. The number of nitrogens with one attached hydrogen (secondary N) is 1. The van der Waals surface area contributed by atoms with Gasteiger partial charge in [-0.1, -0.05) is 0 Å². The van der Waals surface area contributed by atoms with E-state index in [0.29, 0.717) is 6.54 Å². The van der Waals surface area contributed by atoms with Gasteiger partial charge < -0.3 is 5.32 Å². The maximum absolute atomic E-state index is 13.8. The van der Waals surface area contributed by atoms with Crippen molar-refractivity contribution in [2.75, 3.05) is 19.3 Å². The highest BCUT2D eigenvalue weighted by molar-refractivity contribution is 7.98. The summed E-state index contributed by atoms with van der Waals surface area (Å²) in [5, 5.41) is 3.11. The van der Waals surface area contributed by atoms with Crippen molar-refractivity contribution in [1.29, 1.82) is 0 Å². The van der Waals surface area contributed by atoms with Gasteiger partial charge in [0, 0.05) is 6.54 Å². The third kappa shape index (κ3) is 2.45. The molecule has 94 valence electrons. The molecule has 0 aromatic heterocycles. The molecule has 0 bridgehead atoms. The lowest BCUT2D eigenvalue weighted by atomic mass is 9.91. The van der Waals surface area contributed by atoms with E-state index in [1.54, 1.807) is 0 Å². The molecule has 0 saturated carbocycles. The monoisotopic (exact) mass is 261 g/mol. The van der Waals surface area contributed by atoms with Crippen molar-refractivity contribution in [3.05, 3.63) is 29.1 Å². The van der Waals surface area contributed by atoms with Crippen molar-refractivity contribution >= 4 is 11.8 Å².